The number of benzene rings is 1. The predicted octanol–water partition coefficient (Wildman–Crippen LogP) is 1.65. The van der Waals surface area contributed by atoms with Crippen molar-refractivity contribution in [3.05, 3.63) is 65.1 Å². The highest BCUT2D eigenvalue weighted by Gasteiger charge is 2.33. The molecule has 168 valence electrons. The normalized spacial score (nSPS) is 20.2. The lowest BCUT2D eigenvalue weighted by Gasteiger charge is -2.27. The first-order chi connectivity index (χ1) is 15.5. The van der Waals surface area contributed by atoms with Gasteiger partial charge in [-0.25, -0.2) is 0 Å². The standard InChI is InChI=1S/C24H26N2O6/c1-30-22(28)9-7-19(24(25)29)26-11-17-6-8-20(27)23(18(17)12-26)32-14-15-10-16-4-2-3-5-21(16)31-13-15/h2-6,8,11,15,19H,7,9-10,12-14H2,1H3,(H2,25,29). The summed E-state index contributed by atoms with van der Waals surface area (Å²) in [4.78, 5) is 37.9. The Morgan fingerprint density at radius 1 is 1.28 bits per heavy atom. The number of nitrogens with zero attached hydrogens (tertiary/aromatic N) is 1. The summed E-state index contributed by atoms with van der Waals surface area (Å²) in [5, 5.41) is 0. The Balaban J connectivity index is 1.45. The Morgan fingerprint density at radius 3 is 2.88 bits per heavy atom. The van der Waals surface area contributed by atoms with Crippen LogP contribution in [0.3, 0.4) is 0 Å². The van der Waals surface area contributed by atoms with Crippen LogP contribution in [0.2, 0.25) is 0 Å². The van der Waals surface area contributed by atoms with Gasteiger partial charge in [-0.05, 0) is 42.2 Å². The van der Waals surface area contributed by atoms with Crippen LogP contribution in [0.4, 0.5) is 0 Å². The molecule has 2 heterocycles. The molecule has 0 fully saturated rings. The zero-order valence-corrected chi connectivity index (χ0v) is 17.9. The van der Waals surface area contributed by atoms with Gasteiger partial charge in [-0.2, -0.15) is 0 Å². The second-order valence-corrected chi connectivity index (χ2v) is 8.09. The van der Waals surface area contributed by atoms with E-state index in [1.807, 2.05) is 24.3 Å². The van der Waals surface area contributed by atoms with E-state index in [-0.39, 0.29) is 30.3 Å². The molecule has 0 spiro atoms. The average Bonchev–Trinajstić information content (AvgIpc) is 3.22. The number of ether oxygens (including phenoxy) is 3. The molecule has 2 aliphatic heterocycles. The summed E-state index contributed by atoms with van der Waals surface area (Å²) in [5.41, 5.74) is 8.23. The molecule has 0 saturated heterocycles. The fraction of sp³-hybridized carbons (Fsp3) is 0.375. The van der Waals surface area contributed by atoms with E-state index in [4.69, 9.17) is 15.2 Å². The predicted molar refractivity (Wildman–Crippen MR) is 115 cm³/mol. The van der Waals surface area contributed by atoms with E-state index in [0.717, 1.165) is 28.9 Å². The van der Waals surface area contributed by atoms with Crippen LogP contribution >= 0.6 is 0 Å². The van der Waals surface area contributed by atoms with Crippen molar-refractivity contribution in [2.45, 2.75) is 25.3 Å². The minimum Gasteiger partial charge on any atom is -0.493 e. The smallest absolute Gasteiger partial charge is 0.305 e. The van der Waals surface area contributed by atoms with E-state index < -0.39 is 17.9 Å². The Bertz CT molecular complexity index is 1030. The maximum Gasteiger partial charge on any atom is 0.305 e. The van der Waals surface area contributed by atoms with Crippen LogP contribution in [0.5, 0.6) is 5.75 Å². The number of ketones is 1. The van der Waals surface area contributed by atoms with Gasteiger partial charge in [0.25, 0.3) is 0 Å². The molecule has 1 amide bonds. The second-order valence-electron chi connectivity index (χ2n) is 8.09. The lowest BCUT2D eigenvalue weighted by Crippen LogP contribution is -2.41. The van der Waals surface area contributed by atoms with E-state index in [1.54, 1.807) is 17.2 Å². The highest BCUT2D eigenvalue weighted by Crippen LogP contribution is 2.33. The number of rotatable bonds is 8. The van der Waals surface area contributed by atoms with Gasteiger partial charge in [0, 0.05) is 30.7 Å². The van der Waals surface area contributed by atoms with Crippen LogP contribution in [0, 0.1) is 5.92 Å². The second kappa shape index (κ2) is 9.30. The molecule has 2 unspecified atom stereocenters. The van der Waals surface area contributed by atoms with Crippen LogP contribution < -0.4 is 10.5 Å². The molecule has 0 saturated carbocycles. The van der Waals surface area contributed by atoms with Crippen molar-refractivity contribution in [3.63, 3.8) is 0 Å². The molecule has 2 N–H and O–H groups in total. The largest absolute Gasteiger partial charge is 0.493 e. The lowest BCUT2D eigenvalue weighted by molar-refractivity contribution is -0.141. The van der Waals surface area contributed by atoms with Gasteiger partial charge in [0.1, 0.15) is 11.8 Å². The highest BCUT2D eigenvalue weighted by molar-refractivity contribution is 6.05. The van der Waals surface area contributed by atoms with Crippen molar-refractivity contribution in [3.8, 4) is 5.75 Å². The van der Waals surface area contributed by atoms with Crippen molar-refractivity contribution < 1.29 is 28.6 Å². The number of hydrogen-bond donors (Lipinski definition) is 1. The molecule has 1 aromatic rings. The van der Waals surface area contributed by atoms with Gasteiger partial charge in [0.05, 0.1) is 20.3 Å². The summed E-state index contributed by atoms with van der Waals surface area (Å²) in [6, 6.07) is 7.22. The topological polar surface area (TPSA) is 108 Å². The number of esters is 1. The van der Waals surface area contributed by atoms with Crippen LogP contribution in [0.1, 0.15) is 18.4 Å². The zero-order valence-electron chi connectivity index (χ0n) is 17.9. The summed E-state index contributed by atoms with van der Waals surface area (Å²) < 4.78 is 16.5. The van der Waals surface area contributed by atoms with Gasteiger partial charge < -0.3 is 24.8 Å². The van der Waals surface area contributed by atoms with Gasteiger partial charge in [-0.1, -0.05) is 18.2 Å². The number of primary amides is 1. The van der Waals surface area contributed by atoms with E-state index in [9.17, 15) is 14.4 Å². The number of allylic oxidation sites excluding steroid dienone is 2. The van der Waals surface area contributed by atoms with Gasteiger partial charge in [0.2, 0.25) is 11.7 Å². The zero-order chi connectivity index (χ0) is 22.7. The summed E-state index contributed by atoms with van der Waals surface area (Å²) in [7, 11) is 1.30. The van der Waals surface area contributed by atoms with Crippen molar-refractivity contribution in [1.82, 2.24) is 4.90 Å². The summed E-state index contributed by atoms with van der Waals surface area (Å²) in [5.74, 6) is 0.150. The number of hydrogen-bond acceptors (Lipinski definition) is 7. The Morgan fingerprint density at radius 2 is 2.09 bits per heavy atom. The number of methoxy groups -OCH3 is 1. The minimum absolute atomic E-state index is 0.0735. The van der Waals surface area contributed by atoms with E-state index in [2.05, 4.69) is 4.74 Å². The first-order valence-corrected chi connectivity index (χ1v) is 10.6. The molecule has 3 aliphatic rings. The third-order valence-electron chi connectivity index (χ3n) is 5.90. The van der Waals surface area contributed by atoms with Crippen molar-refractivity contribution in [1.29, 1.82) is 0 Å². The first kappa shape index (κ1) is 21.7. The lowest BCUT2D eigenvalue weighted by atomic mass is 9.97. The van der Waals surface area contributed by atoms with Crippen molar-refractivity contribution in [2.24, 2.45) is 11.7 Å². The Hall–Kier alpha value is -3.55. The van der Waals surface area contributed by atoms with Gasteiger partial charge in [-0.3, -0.25) is 14.4 Å². The van der Waals surface area contributed by atoms with Gasteiger partial charge in [-0.15, -0.1) is 0 Å². The summed E-state index contributed by atoms with van der Waals surface area (Å²) >= 11 is 0. The molecule has 4 rings (SSSR count). The molecule has 0 aromatic heterocycles. The third kappa shape index (κ3) is 4.54. The molecule has 2 atom stereocenters. The summed E-state index contributed by atoms with van der Waals surface area (Å²) in [6.07, 6.45) is 6.08. The molecular formula is C24H26N2O6. The quantitative estimate of drug-likeness (QED) is 0.615. The molecule has 32 heavy (non-hydrogen) atoms. The third-order valence-corrected chi connectivity index (χ3v) is 5.90. The van der Waals surface area contributed by atoms with E-state index in [1.165, 1.54) is 13.2 Å². The van der Waals surface area contributed by atoms with E-state index in [0.29, 0.717) is 19.8 Å². The fourth-order valence-corrected chi connectivity index (χ4v) is 4.20. The van der Waals surface area contributed by atoms with Crippen LogP contribution in [-0.4, -0.2) is 55.5 Å². The Kier molecular flexibility index (Phi) is 6.30. The number of carbonyl (C=O) groups excluding carboxylic acids is 3. The highest BCUT2D eigenvalue weighted by atomic mass is 16.5. The number of para-hydroxylation sites is 1. The number of carbonyl (C=O) groups is 3. The van der Waals surface area contributed by atoms with Crippen molar-refractivity contribution in [2.75, 3.05) is 26.9 Å². The minimum atomic E-state index is -0.687. The molecule has 0 bridgehead atoms. The fourth-order valence-electron chi connectivity index (χ4n) is 4.20. The first-order valence-electron chi connectivity index (χ1n) is 10.6. The summed E-state index contributed by atoms with van der Waals surface area (Å²) in [6.45, 7) is 1.18. The van der Waals surface area contributed by atoms with Gasteiger partial charge >= 0.3 is 5.97 Å². The number of amides is 1. The van der Waals surface area contributed by atoms with E-state index >= 15 is 0 Å². The van der Waals surface area contributed by atoms with Gasteiger partial charge in [0.15, 0.2) is 5.76 Å². The number of fused-ring (bicyclic) bond motifs is 2. The number of nitrogens with two attached hydrogens (primary N) is 1. The Labute approximate surface area is 186 Å². The molecule has 1 aromatic carbocycles. The monoisotopic (exact) mass is 438 g/mol. The maximum absolute atomic E-state index is 12.6. The van der Waals surface area contributed by atoms with Crippen LogP contribution in [0.15, 0.2) is 59.5 Å². The average molecular weight is 438 g/mol. The molecular weight excluding hydrogens is 412 g/mol. The molecule has 0 radical (unpaired) electrons. The molecule has 1 aliphatic carbocycles. The molecule has 8 heteroatoms. The van der Waals surface area contributed by atoms with Crippen LogP contribution in [0.25, 0.3) is 0 Å². The SMILES string of the molecule is COC(=O)CCC(C(N)=O)N1C=C2C=CC(=O)C(OCC3COc4ccccc4C3)=C2C1. The van der Waals surface area contributed by atoms with Crippen molar-refractivity contribution >= 4 is 17.7 Å². The van der Waals surface area contributed by atoms with Crippen LogP contribution in [-0.2, 0) is 30.3 Å². The molecule has 8 nitrogen and oxygen atoms in total. The maximum atomic E-state index is 12.6.